The summed E-state index contributed by atoms with van der Waals surface area (Å²) in [6.07, 6.45) is 1.10. The largest absolute Gasteiger partial charge is 0.482 e. The number of benzene rings is 2. The van der Waals surface area contributed by atoms with Crippen LogP contribution in [0.25, 0.3) is 11.0 Å². The first-order valence-electron chi connectivity index (χ1n) is 8.97. The summed E-state index contributed by atoms with van der Waals surface area (Å²) in [5.41, 5.74) is 1.94. The Morgan fingerprint density at radius 2 is 1.87 bits per heavy atom. The third-order valence-corrected chi connectivity index (χ3v) is 5.15. The van der Waals surface area contributed by atoms with Crippen molar-refractivity contribution in [2.75, 3.05) is 25.3 Å². The van der Waals surface area contributed by atoms with Crippen molar-refractivity contribution in [3.8, 4) is 5.75 Å². The van der Waals surface area contributed by atoms with Gasteiger partial charge in [0.1, 0.15) is 11.3 Å². The summed E-state index contributed by atoms with van der Waals surface area (Å²) >= 11 is 0. The Balaban J connectivity index is 1.86. The van der Waals surface area contributed by atoms with Gasteiger partial charge in [-0.2, -0.15) is 0 Å². The lowest BCUT2D eigenvalue weighted by atomic mass is 10.1. The van der Waals surface area contributed by atoms with Crippen LogP contribution >= 0.6 is 0 Å². The molecule has 0 aliphatic rings. The number of carbonyl (C=O) groups excluding carboxylic acids is 2. The Morgan fingerprint density at radius 1 is 1.13 bits per heavy atom. The zero-order valence-electron chi connectivity index (χ0n) is 16.7. The molecule has 0 aliphatic heterocycles. The third kappa shape index (κ3) is 4.98. The topological polar surface area (TPSA) is 112 Å². The van der Waals surface area contributed by atoms with Crippen LogP contribution in [0.1, 0.15) is 21.7 Å². The second-order valence-electron chi connectivity index (χ2n) is 6.77. The fourth-order valence-electron chi connectivity index (χ4n) is 2.93. The van der Waals surface area contributed by atoms with Crippen molar-refractivity contribution in [1.82, 2.24) is 0 Å². The number of amides is 1. The number of methoxy groups -OCH3 is 1. The van der Waals surface area contributed by atoms with E-state index in [-0.39, 0.29) is 18.1 Å². The number of para-hydroxylation sites is 1. The number of anilines is 1. The number of hydrogen-bond donors (Lipinski definition) is 1. The van der Waals surface area contributed by atoms with E-state index in [1.807, 2.05) is 0 Å². The van der Waals surface area contributed by atoms with Gasteiger partial charge in [0.05, 0.1) is 12.9 Å². The van der Waals surface area contributed by atoms with Crippen LogP contribution in [0, 0.1) is 6.92 Å². The van der Waals surface area contributed by atoms with E-state index in [0.717, 1.165) is 6.26 Å². The van der Waals surface area contributed by atoms with Crippen LogP contribution in [0.2, 0.25) is 0 Å². The first-order chi connectivity index (χ1) is 14.2. The molecule has 0 spiro atoms. The SMILES string of the molecule is COC(=O)COc1ccc(NC(=O)c2oc3ccccc3c2CS(C)(=O)=O)c(C)c1. The molecule has 1 amide bonds. The smallest absolute Gasteiger partial charge is 0.343 e. The van der Waals surface area contributed by atoms with Gasteiger partial charge in [0, 0.05) is 22.9 Å². The maximum absolute atomic E-state index is 12.9. The number of aryl methyl sites for hydroxylation is 1. The standard InChI is InChI=1S/C21H21NO7S/c1-13-10-14(28-11-19(23)27-2)8-9-17(13)22-21(24)20-16(12-30(3,25)26)15-6-4-5-7-18(15)29-20/h4-10H,11-12H2,1-3H3,(H,22,24). The predicted octanol–water partition coefficient (Wildman–Crippen LogP) is 3.09. The highest BCUT2D eigenvalue weighted by atomic mass is 32.2. The van der Waals surface area contributed by atoms with Crippen molar-refractivity contribution in [3.05, 3.63) is 59.4 Å². The molecule has 0 fully saturated rings. The van der Waals surface area contributed by atoms with E-state index < -0.39 is 21.7 Å². The third-order valence-electron chi connectivity index (χ3n) is 4.34. The Hall–Kier alpha value is -3.33. The van der Waals surface area contributed by atoms with Gasteiger partial charge in [-0.25, -0.2) is 13.2 Å². The van der Waals surface area contributed by atoms with Crippen LogP contribution in [0.5, 0.6) is 5.75 Å². The lowest BCUT2D eigenvalue weighted by Crippen LogP contribution is -2.15. The second-order valence-corrected chi connectivity index (χ2v) is 8.91. The molecule has 0 bridgehead atoms. The van der Waals surface area contributed by atoms with Crippen LogP contribution in [0.15, 0.2) is 46.9 Å². The molecular formula is C21H21NO7S. The van der Waals surface area contributed by atoms with E-state index in [0.29, 0.717) is 33.5 Å². The van der Waals surface area contributed by atoms with Crippen molar-refractivity contribution >= 4 is 38.4 Å². The molecule has 0 radical (unpaired) electrons. The highest BCUT2D eigenvalue weighted by Gasteiger charge is 2.23. The Kier molecular flexibility index (Phi) is 6.12. The molecule has 1 N–H and O–H groups in total. The van der Waals surface area contributed by atoms with Crippen molar-refractivity contribution in [2.45, 2.75) is 12.7 Å². The summed E-state index contributed by atoms with van der Waals surface area (Å²) in [7, 11) is -2.12. The van der Waals surface area contributed by atoms with Gasteiger partial charge in [0.25, 0.3) is 5.91 Å². The van der Waals surface area contributed by atoms with Crippen molar-refractivity contribution in [2.24, 2.45) is 0 Å². The highest BCUT2D eigenvalue weighted by Crippen LogP contribution is 2.29. The monoisotopic (exact) mass is 431 g/mol. The first-order valence-corrected chi connectivity index (χ1v) is 11.0. The second kappa shape index (κ2) is 8.58. The lowest BCUT2D eigenvalue weighted by molar-refractivity contribution is -0.142. The number of carbonyl (C=O) groups is 2. The van der Waals surface area contributed by atoms with Crippen LogP contribution < -0.4 is 10.1 Å². The molecule has 0 unspecified atom stereocenters. The molecule has 1 heterocycles. The fraction of sp³-hybridized carbons (Fsp3) is 0.238. The molecule has 30 heavy (non-hydrogen) atoms. The quantitative estimate of drug-likeness (QED) is 0.572. The van der Waals surface area contributed by atoms with Gasteiger partial charge in [0.15, 0.2) is 22.2 Å². The molecule has 2 aromatic carbocycles. The molecule has 158 valence electrons. The summed E-state index contributed by atoms with van der Waals surface area (Å²) in [4.78, 5) is 24.1. The minimum atomic E-state index is -3.39. The Labute approximate surface area is 173 Å². The van der Waals surface area contributed by atoms with E-state index in [4.69, 9.17) is 9.15 Å². The number of furan rings is 1. The van der Waals surface area contributed by atoms with Crippen LogP contribution in [0.4, 0.5) is 5.69 Å². The zero-order chi connectivity index (χ0) is 21.9. The number of hydrogen-bond acceptors (Lipinski definition) is 7. The summed E-state index contributed by atoms with van der Waals surface area (Å²) in [6.45, 7) is 1.53. The van der Waals surface area contributed by atoms with Crippen LogP contribution in [-0.2, 0) is 25.1 Å². The Morgan fingerprint density at radius 3 is 2.53 bits per heavy atom. The van der Waals surface area contributed by atoms with Gasteiger partial charge < -0.3 is 19.2 Å². The molecule has 8 nitrogen and oxygen atoms in total. The van der Waals surface area contributed by atoms with E-state index in [1.54, 1.807) is 49.4 Å². The van der Waals surface area contributed by atoms with Gasteiger partial charge in [-0.3, -0.25) is 4.79 Å². The van der Waals surface area contributed by atoms with Crippen LogP contribution in [-0.4, -0.2) is 40.3 Å². The molecular weight excluding hydrogens is 410 g/mol. The number of rotatable bonds is 7. The minimum absolute atomic E-state index is 0.0490. The van der Waals surface area contributed by atoms with Gasteiger partial charge in [0.2, 0.25) is 0 Å². The molecule has 9 heteroatoms. The van der Waals surface area contributed by atoms with E-state index in [2.05, 4.69) is 10.1 Å². The molecule has 0 saturated carbocycles. The average Bonchev–Trinajstić information content (AvgIpc) is 3.05. The minimum Gasteiger partial charge on any atom is -0.482 e. The van der Waals surface area contributed by atoms with Gasteiger partial charge >= 0.3 is 5.97 Å². The van der Waals surface area contributed by atoms with Crippen molar-refractivity contribution in [3.63, 3.8) is 0 Å². The number of ether oxygens (including phenoxy) is 2. The lowest BCUT2D eigenvalue weighted by Gasteiger charge is -2.11. The maximum atomic E-state index is 12.9. The highest BCUT2D eigenvalue weighted by molar-refractivity contribution is 7.89. The fourth-order valence-corrected chi connectivity index (χ4v) is 3.75. The predicted molar refractivity (Wildman–Crippen MR) is 111 cm³/mol. The molecule has 1 aromatic heterocycles. The average molecular weight is 431 g/mol. The maximum Gasteiger partial charge on any atom is 0.343 e. The number of esters is 1. The van der Waals surface area contributed by atoms with Crippen LogP contribution in [0.3, 0.4) is 0 Å². The first kappa shape index (κ1) is 21.4. The van der Waals surface area contributed by atoms with Gasteiger partial charge in [-0.05, 0) is 36.8 Å². The summed E-state index contributed by atoms with van der Waals surface area (Å²) in [6, 6.07) is 11.8. The van der Waals surface area contributed by atoms with Crippen molar-refractivity contribution < 1.29 is 31.9 Å². The number of fused-ring (bicyclic) bond motifs is 1. The van der Waals surface area contributed by atoms with E-state index in [9.17, 15) is 18.0 Å². The van der Waals surface area contributed by atoms with Crippen molar-refractivity contribution in [1.29, 1.82) is 0 Å². The molecule has 0 saturated heterocycles. The molecule has 0 atom stereocenters. The molecule has 3 rings (SSSR count). The number of nitrogens with one attached hydrogen (secondary N) is 1. The summed E-state index contributed by atoms with van der Waals surface area (Å²) < 4.78 is 39.3. The van der Waals surface area contributed by atoms with Gasteiger partial charge in [-0.15, -0.1) is 0 Å². The summed E-state index contributed by atoms with van der Waals surface area (Å²) in [5.74, 6) is -0.986. The van der Waals surface area contributed by atoms with E-state index >= 15 is 0 Å². The summed E-state index contributed by atoms with van der Waals surface area (Å²) in [5, 5.41) is 3.32. The van der Waals surface area contributed by atoms with Gasteiger partial charge in [-0.1, -0.05) is 18.2 Å². The number of sulfone groups is 1. The molecule has 0 aliphatic carbocycles. The normalized spacial score (nSPS) is 11.3. The zero-order valence-corrected chi connectivity index (χ0v) is 17.5. The molecule has 3 aromatic rings. The van der Waals surface area contributed by atoms with E-state index in [1.165, 1.54) is 7.11 Å². The Bertz CT molecular complexity index is 1210.